The fourth-order valence-corrected chi connectivity index (χ4v) is 2.12. The monoisotopic (exact) mass is 216 g/mol. The van der Waals surface area contributed by atoms with Crippen LogP contribution in [-0.2, 0) is 0 Å². The Morgan fingerprint density at radius 2 is 1.93 bits per heavy atom. The maximum Gasteiger partial charge on any atom is 0.0664 e. The van der Waals surface area contributed by atoms with Gasteiger partial charge in [-0.05, 0) is 18.6 Å². The Bertz CT molecular complexity index is 361. The molecule has 0 N–H and O–H groups in total. The minimum Gasteiger partial charge on any atom is -0.198 e. The Labute approximate surface area is 94.5 Å². The lowest BCUT2D eigenvalue weighted by Crippen LogP contribution is -1.99. The van der Waals surface area contributed by atoms with Crippen LogP contribution in [0.3, 0.4) is 0 Å². The van der Waals surface area contributed by atoms with E-state index in [0.29, 0.717) is 12.8 Å². The second-order valence-corrected chi connectivity index (χ2v) is 4.24. The maximum atomic E-state index is 8.86. The minimum absolute atomic E-state index is 0.0187. The zero-order valence-electron chi connectivity index (χ0n) is 8.39. The van der Waals surface area contributed by atoms with E-state index < -0.39 is 0 Å². The molecule has 0 saturated heterocycles. The van der Waals surface area contributed by atoms with Crippen molar-refractivity contribution in [3.8, 4) is 12.1 Å². The van der Waals surface area contributed by atoms with Crippen molar-refractivity contribution in [2.45, 2.75) is 17.7 Å². The van der Waals surface area contributed by atoms with Gasteiger partial charge in [-0.25, -0.2) is 0 Å². The van der Waals surface area contributed by atoms with Crippen LogP contribution in [0.4, 0.5) is 0 Å². The lowest BCUT2D eigenvalue weighted by molar-refractivity contribution is 0.685. The average molecular weight is 216 g/mol. The van der Waals surface area contributed by atoms with Gasteiger partial charge in [-0.15, -0.1) is 11.8 Å². The molecule has 1 aromatic rings. The molecule has 1 unspecified atom stereocenters. The summed E-state index contributed by atoms with van der Waals surface area (Å²) < 4.78 is 0. The Morgan fingerprint density at radius 3 is 2.53 bits per heavy atom. The van der Waals surface area contributed by atoms with Gasteiger partial charge in [0.15, 0.2) is 0 Å². The predicted octanol–water partition coefficient (Wildman–Crippen LogP) is 3.22. The number of nitrogens with zero attached hydrogens (tertiary/aromatic N) is 2. The molecule has 0 heterocycles. The molecule has 76 valence electrons. The van der Waals surface area contributed by atoms with Crippen LogP contribution < -0.4 is 0 Å². The average Bonchev–Trinajstić information content (AvgIpc) is 2.31. The molecule has 0 bridgehead atoms. The summed E-state index contributed by atoms with van der Waals surface area (Å²) in [4.78, 5) is 1.18. The highest BCUT2D eigenvalue weighted by molar-refractivity contribution is 7.99. The number of hydrogen-bond donors (Lipinski definition) is 0. The van der Waals surface area contributed by atoms with Crippen LogP contribution in [-0.4, -0.2) is 5.75 Å². The number of thioether (sulfide) groups is 1. The molecule has 1 atom stereocenters. The van der Waals surface area contributed by atoms with E-state index in [1.807, 2.05) is 30.3 Å². The van der Waals surface area contributed by atoms with E-state index in [9.17, 15) is 0 Å². The number of hydrogen-bond acceptors (Lipinski definition) is 3. The summed E-state index contributed by atoms with van der Waals surface area (Å²) in [5.74, 6) is 0.747. The molecular weight excluding hydrogens is 204 g/mol. The van der Waals surface area contributed by atoms with Crippen LogP contribution in [0.25, 0.3) is 0 Å². The lowest BCUT2D eigenvalue weighted by Gasteiger charge is -2.05. The Hall–Kier alpha value is -1.45. The summed E-state index contributed by atoms with van der Waals surface area (Å²) in [6.07, 6.45) is 1.14. The molecule has 1 aromatic carbocycles. The van der Waals surface area contributed by atoms with Crippen LogP contribution in [0.1, 0.15) is 12.8 Å². The summed E-state index contributed by atoms with van der Waals surface area (Å²) in [6.45, 7) is 0. The van der Waals surface area contributed by atoms with Crippen molar-refractivity contribution in [1.29, 1.82) is 10.5 Å². The van der Waals surface area contributed by atoms with Crippen LogP contribution in [0.5, 0.6) is 0 Å². The van der Waals surface area contributed by atoms with Crippen molar-refractivity contribution in [3.63, 3.8) is 0 Å². The molecule has 0 aliphatic heterocycles. The van der Waals surface area contributed by atoms with E-state index >= 15 is 0 Å². The highest BCUT2D eigenvalue weighted by atomic mass is 32.2. The SMILES string of the molecule is N#CCCC(C#N)CSc1ccccc1. The van der Waals surface area contributed by atoms with E-state index in [1.165, 1.54) is 4.90 Å². The highest BCUT2D eigenvalue weighted by Gasteiger charge is 2.07. The highest BCUT2D eigenvalue weighted by Crippen LogP contribution is 2.21. The quantitative estimate of drug-likeness (QED) is 0.710. The van der Waals surface area contributed by atoms with Crippen LogP contribution >= 0.6 is 11.8 Å². The minimum atomic E-state index is -0.0187. The summed E-state index contributed by atoms with van der Waals surface area (Å²) in [5, 5.41) is 17.3. The lowest BCUT2D eigenvalue weighted by atomic mass is 10.1. The molecule has 3 heteroatoms. The topological polar surface area (TPSA) is 47.6 Å². The van der Waals surface area contributed by atoms with Gasteiger partial charge in [0.25, 0.3) is 0 Å². The van der Waals surface area contributed by atoms with Crippen molar-refractivity contribution < 1.29 is 0 Å². The first kappa shape index (κ1) is 11.6. The fourth-order valence-electron chi connectivity index (χ4n) is 1.14. The number of nitriles is 2. The summed E-state index contributed by atoms with van der Waals surface area (Å²) in [6, 6.07) is 14.3. The molecule has 0 saturated carbocycles. The summed E-state index contributed by atoms with van der Waals surface area (Å²) >= 11 is 1.67. The largest absolute Gasteiger partial charge is 0.198 e. The maximum absolute atomic E-state index is 8.86. The van der Waals surface area contributed by atoms with Gasteiger partial charge in [-0.3, -0.25) is 0 Å². The Kier molecular flexibility index (Phi) is 5.37. The van der Waals surface area contributed by atoms with E-state index in [0.717, 1.165) is 5.75 Å². The number of rotatable bonds is 5. The second-order valence-electron chi connectivity index (χ2n) is 3.15. The van der Waals surface area contributed by atoms with Crippen molar-refractivity contribution in [3.05, 3.63) is 30.3 Å². The van der Waals surface area contributed by atoms with E-state index in [-0.39, 0.29) is 5.92 Å². The molecule has 0 radical (unpaired) electrons. The second kappa shape index (κ2) is 6.92. The molecule has 1 rings (SSSR count). The smallest absolute Gasteiger partial charge is 0.0664 e. The van der Waals surface area contributed by atoms with Crippen molar-refractivity contribution >= 4 is 11.8 Å². The first-order chi connectivity index (χ1) is 7.36. The third-order valence-corrected chi connectivity index (χ3v) is 3.16. The van der Waals surface area contributed by atoms with Gasteiger partial charge >= 0.3 is 0 Å². The molecular formula is C12H12N2S. The van der Waals surface area contributed by atoms with Crippen molar-refractivity contribution in [2.24, 2.45) is 5.92 Å². The van der Waals surface area contributed by atoms with Gasteiger partial charge in [0.2, 0.25) is 0 Å². The van der Waals surface area contributed by atoms with Crippen molar-refractivity contribution in [2.75, 3.05) is 5.75 Å². The summed E-state index contributed by atoms with van der Waals surface area (Å²) in [7, 11) is 0. The number of benzene rings is 1. The summed E-state index contributed by atoms with van der Waals surface area (Å²) in [5.41, 5.74) is 0. The van der Waals surface area contributed by atoms with E-state index in [2.05, 4.69) is 12.1 Å². The zero-order chi connectivity index (χ0) is 10.9. The van der Waals surface area contributed by atoms with Crippen LogP contribution in [0, 0.1) is 28.6 Å². The Morgan fingerprint density at radius 1 is 1.20 bits per heavy atom. The van der Waals surface area contributed by atoms with E-state index in [4.69, 9.17) is 10.5 Å². The normalized spacial score (nSPS) is 11.3. The molecule has 0 aromatic heterocycles. The third kappa shape index (κ3) is 4.54. The first-order valence-corrected chi connectivity index (χ1v) is 5.80. The molecule has 2 nitrogen and oxygen atoms in total. The van der Waals surface area contributed by atoms with Crippen LogP contribution in [0.2, 0.25) is 0 Å². The molecule has 15 heavy (non-hydrogen) atoms. The Balaban J connectivity index is 2.36. The third-order valence-electron chi connectivity index (χ3n) is 1.98. The van der Waals surface area contributed by atoms with Gasteiger partial charge in [0.1, 0.15) is 0 Å². The van der Waals surface area contributed by atoms with Gasteiger partial charge in [0, 0.05) is 17.1 Å². The molecule has 0 amide bonds. The van der Waals surface area contributed by atoms with Crippen molar-refractivity contribution in [1.82, 2.24) is 0 Å². The van der Waals surface area contributed by atoms with Gasteiger partial charge in [0.05, 0.1) is 18.1 Å². The van der Waals surface area contributed by atoms with Gasteiger partial charge in [-0.1, -0.05) is 18.2 Å². The molecule has 0 aliphatic rings. The fraction of sp³-hybridized carbons (Fsp3) is 0.333. The van der Waals surface area contributed by atoms with Gasteiger partial charge in [-0.2, -0.15) is 10.5 Å². The molecule has 0 fully saturated rings. The zero-order valence-corrected chi connectivity index (χ0v) is 9.20. The first-order valence-electron chi connectivity index (χ1n) is 4.81. The van der Waals surface area contributed by atoms with Gasteiger partial charge < -0.3 is 0 Å². The molecule has 0 aliphatic carbocycles. The van der Waals surface area contributed by atoms with Crippen LogP contribution in [0.15, 0.2) is 35.2 Å². The predicted molar refractivity (Wildman–Crippen MR) is 61.1 cm³/mol. The molecule has 0 spiro atoms. The standard InChI is InChI=1S/C12H12N2S/c13-8-4-5-11(9-14)10-15-12-6-2-1-3-7-12/h1-3,6-7,11H,4-5,10H2. The van der Waals surface area contributed by atoms with E-state index in [1.54, 1.807) is 11.8 Å².